The zero-order chi connectivity index (χ0) is 47.2. The number of anilines is 3. The molecule has 2 aliphatic rings. The minimum absolute atomic E-state index is 0.0484. The van der Waals surface area contributed by atoms with Crippen LogP contribution in [0, 0.1) is 0 Å². The summed E-state index contributed by atoms with van der Waals surface area (Å²) in [5.74, 6) is 0.559. The Balaban J connectivity index is 1.12. The lowest BCUT2D eigenvalue weighted by molar-refractivity contribution is 0.445. The molecule has 0 aliphatic heterocycles. The van der Waals surface area contributed by atoms with Crippen LogP contribution in [0.5, 0.6) is 0 Å². The number of fused-ring (bicyclic) bond motifs is 4. The molecule has 10 aromatic rings. The molecule has 1 heteroatoms. The van der Waals surface area contributed by atoms with Gasteiger partial charge in [-0.05, 0) is 120 Å². The standard InChI is InChI=1S/C69H59N/c1-68(2,3)52-44-41-49(42-45-52)55-31-14-18-38-64(55)70(66-40-20-16-34-60(66)61-36-22-26-50-25-21-35-57(67(50)61)48-23-7-4-8-24-48)65-39-19-15-32-56(65)51-43-46-59-58-33-13-17-37-62(58)69(63(59)47-51,53-27-9-5-10-28-53)54-29-11-6-12-30-54/h5-6,9-22,25-48H,4,7-8,23-24H2,1-3H3. The van der Waals surface area contributed by atoms with Crippen molar-refractivity contribution in [2.75, 3.05) is 4.90 Å². The molecule has 340 valence electrons. The molecule has 1 saturated carbocycles. The van der Waals surface area contributed by atoms with Crippen LogP contribution in [0.25, 0.3) is 55.3 Å². The molecule has 0 atom stereocenters. The zero-order valence-corrected chi connectivity index (χ0v) is 40.6. The summed E-state index contributed by atoms with van der Waals surface area (Å²) in [6.45, 7) is 6.87. The number of hydrogen-bond acceptors (Lipinski definition) is 1. The van der Waals surface area contributed by atoms with E-state index in [2.05, 4.69) is 262 Å². The molecule has 1 nitrogen and oxygen atoms in total. The van der Waals surface area contributed by atoms with Gasteiger partial charge in [0.1, 0.15) is 0 Å². The lowest BCUT2D eigenvalue weighted by Crippen LogP contribution is -2.28. The van der Waals surface area contributed by atoms with Crippen molar-refractivity contribution in [3.63, 3.8) is 0 Å². The Bertz CT molecular complexity index is 3450. The van der Waals surface area contributed by atoms with Gasteiger partial charge in [-0.25, -0.2) is 0 Å². The van der Waals surface area contributed by atoms with Crippen LogP contribution >= 0.6 is 0 Å². The van der Waals surface area contributed by atoms with Crippen LogP contribution in [0.2, 0.25) is 0 Å². The Morgan fingerprint density at radius 1 is 0.386 bits per heavy atom. The van der Waals surface area contributed by atoms with Gasteiger partial charge in [0.05, 0.1) is 22.5 Å². The van der Waals surface area contributed by atoms with Crippen molar-refractivity contribution >= 4 is 27.8 Å². The molecule has 0 N–H and O–H groups in total. The third-order valence-electron chi connectivity index (χ3n) is 15.5. The molecule has 0 aromatic heterocycles. The van der Waals surface area contributed by atoms with Crippen molar-refractivity contribution in [3.05, 3.63) is 270 Å². The average molecular weight is 902 g/mol. The normalized spacial score (nSPS) is 14.3. The van der Waals surface area contributed by atoms with Gasteiger partial charge < -0.3 is 4.90 Å². The zero-order valence-electron chi connectivity index (χ0n) is 40.6. The van der Waals surface area contributed by atoms with E-state index in [4.69, 9.17) is 0 Å². The maximum Gasteiger partial charge on any atom is 0.0713 e. The highest BCUT2D eigenvalue weighted by Gasteiger charge is 2.46. The first-order valence-electron chi connectivity index (χ1n) is 25.5. The van der Waals surface area contributed by atoms with Gasteiger partial charge in [0.25, 0.3) is 0 Å². The number of nitrogens with zero attached hydrogens (tertiary/aromatic N) is 1. The van der Waals surface area contributed by atoms with E-state index in [9.17, 15) is 0 Å². The fraction of sp³-hybridized carbons (Fsp3) is 0.159. The molecule has 0 saturated heterocycles. The van der Waals surface area contributed by atoms with Crippen LogP contribution < -0.4 is 4.90 Å². The van der Waals surface area contributed by atoms with E-state index in [0.29, 0.717) is 5.92 Å². The Labute approximate surface area is 414 Å². The van der Waals surface area contributed by atoms with Gasteiger partial charge in [0.2, 0.25) is 0 Å². The van der Waals surface area contributed by atoms with Gasteiger partial charge in [-0.1, -0.05) is 252 Å². The van der Waals surface area contributed by atoms with E-state index in [1.807, 2.05) is 0 Å². The van der Waals surface area contributed by atoms with Crippen LogP contribution in [0.1, 0.15) is 92.2 Å². The van der Waals surface area contributed by atoms with E-state index in [1.165, 1.54) is 121 Å². The van der Waals surface area contributed by atoms with Crippen LogP contribution in [0.4, 0.5) is 17.1 Å². The van der Waals surface area contributed by atoms with Gasteiger partial charge in [-0.2, -0.15) is 0 Å². The highest BCUT2D eigenvalue weighted by molar-refractivity contribution is 6.05. The molecule has 0 radical (unpaired) electrons. The molecule has 2 aliphatic carbocycles. The molecule has 1 fully saturated rings. The smallest absolute Gasteiger partial charge is 0.0713 e. The highest BCUT2D eigenvalue weighted by atomic mass is 15.1. The van der Waals surface area contributed by atoms with Crippen LogP contribution in [0.3, 0.4) is 0 Å². The van der Waals surface area contributed by atoms with Crippen LogP contribution in [-0.2, 0) is 10.8 Å². The average Bonchev–Trinajstić information content (AvgIpc) is 3.72. The predicted octanol–water partition coefficient (Wildman–Crippen LogP) is 19.0. The summed E-state index contributed by atoms with van der Waals surface area (Å²) in [7, 11) is 0. The second kappa shape index (κ2) is 18.0. The molecule has 0 amide bonds. The monoisotopic (exact) mass is 901 g/mol. The van der Waals surface area contributed by atoms with Crippen LogP contribution in [-0.4, -0.2) is 0 Å². The predicted molar refractivity (Wildman–Crippen MR) is 297 cm³/mol. The van der Waals surface area contributed by atoms with Gasteiger partial charge in [-0.3, -0.25) is 0 Å². The summed E-state index contributed by atoms with van der Waals surface area (Å²) in [4.78, 5) is 2.57. The summed E-state index contributed by atoms with van der Waals surface area (Å²) in [5, 5.41) is 2.70. The Kier molecular flexibility index (Phi) is 11.2. The number of para-hydroxylation sites is 3. The van der Waals surface area contributed by atoms with Crippen molar-refractivity contribution in [3.8, 4) is 44.5 Å². The third-order valence-corrected chi connectivity index (χ3v) is 15.5. The minimum Gasteiger partial charge on any atom is -0.309 e. The van der Waals surface area contributed by atoms with Gasteiger partial charge in [0, 0.05) is 16.7 Å². The lowest BCUT2D eigenvalue weighted by Gasteiger charge is -2.34. The summed E-state index contributed by atoms with van der Waals surface area (Å²) in [5.41, 5.74) is 20.7. The summed E-state index contributed by atoms with van der Waals surface area (Å²) >= 11 is 0. The first-order chi connectivity index (χ1) is 34.4. The largest absolute Gasteiger partial charge is 0.309 e. The molecule has 10 aromatic carbocycles. The van der Waals surface area contributed by atoms with Crippen molar-refractivity contribution < 1.29 is 0 Å². The molecular formula is C69H59N. The summed E-state index contributed by atoms with van der Waals surface area (Å²) < 4.78 is 0. The minimum atomic E-state index is -0.512. The number of hydrogen-bond donors (Lipinski definition) is 0. The van der Waals surface area contributed by atoms with Crippen LogP contribution in [0.15, 0.2) is 237 Å². The van der Waals surface area contributed by atoms with Crippen molar-refractivity contribution in [1.29, 1.82) is 0 Å². The maximum absolute atomic E-state index is 2.57. The number of benzene rings is 10. The van der Waals surface area contributed by atoms with Crippen molar-refractivity contribution in [2.24, 2.45) is 0 Å². The van der Waals surface area contributed by atoms with E-state index in [0.717, 1.165) is 17.1 Å². The van der Waals surface area contributed by atoms with Crippen molar-refractivity contribution in [2.45, 2.75) is 69.6 Å². The maximum atomic E-state index is 2.57. The first kappa shape index (κ1) is 43.5. The lowest BCUT2D eigenvalue weighted by atomic mass is 9.67. The Morgan fingerprint density at radius 2 is 0.871 bits per heavy atom. The Morgan fingerprint density at radius 3 is 1.50 bits per heavy atom. The van der Waals surface area contributed by atoms with E-state index < -0.39 is 5.41 Å². The van der Waals surface area contributed by atoms with E-state index >= 15 is 0 Å². The highest BCUT2D eigenvalue weighted by Crippen LogP contribution is 2.58. The quantitative estimate of drug-likeness (QED) is 0.140. The topological polar surface area (TPSA) is 3.24 Å². The van der Waals surface area contributed by atoms with Gasteiger partial charge in [0.15, 0.2) is 0 Å². The number of rotatable bonds is 9. The molecule has 0 bridgehead atoms. The SMILES string of the molecule is CC(C)(C)c1ccc(-c2ccccc2N(c2ccccc2-c2ccc3c(c2)C(c2ccccc2)(c2ccccc2)c2ccccc2-3)c2ccccc2-c2cccc3cccc(C4CCCCC4)c23)cc1. The second-order valence-corrected chi connectivity index (χ2v) is 20.6. The molecule has 0 unspecified atom stereocenters. The van der Waals surface area contributed by atoms with E-state index in [-0.39, 0.29) is 5.41 Å². The second-order valence-electron chi connectivity index (χ2n) is 20.6. The van der Waals surface area contributed by atoms with Gasteiger partial charge >= 0.3 is 0 Å². The third kappa shape index (κ3) is 7.39. The van der Waals surface area contributed by atoms with E-state index in [1.54, 1.807) is 0 Å². The molecule has 12 rings (SSSR count). The molecular weight excluding hydrogens is 843 g/mol. The summed E-state index contributed by atoms with van der Waals surface area (Å²) in [6, 6.07) is 89.2. The molecule has 70 heavy (non-hydrogen) atoms. The van der Waals surface area contributed by atoms with Crippen molar-refractivity contribution in [1.82, 2.24) is 0 Å². The molecule has 0 heterocycles. The first-order valence-corrected chi connectivity index (χ1v) is 25.5. The van der Waals surface area contributed by atoms with Gasteiger partial charge in [-0.15, -0.1) is 0 Å². The fourth-order valence-corrected chi connectivity index (χ4v) is 12.2. The Hall–Kier alpha value is -7.74. The summed E-state index contributed by atoms with van der Waals surface area (Å²) in [6.07, 6.45) is 6.42. The fourth-order valence-electron chi connectivity index (χ4n) is 12.2. The molecule has 0 spiro atoms.